The van der Waals surface area contributed by atoms with E-state index in [9.17, 15) is 29.5 Å². The van der Waals surface area contributed by atoms with Crippen LogP contribution in [0.3, 0.4) is 0 Å². The van der Waals surface area contributed by atoms with Gasteiger partial charge in [0.25, 0.3) is 5.91 Å². The first-order valence-corrected chi connectivity index (χ1v) is 24.3. The van der Waals surface area contributed by atoms with Gasteiger partial charge in [-0.2, -0.15) is 5.26 Å². The number of thiazole rings is 1. The van der Waals surface area contributed by atoms with E-state index in [0.29, 0.717) is 41.3 Å². The van der Waals surface area contributed by atoms with Crippen LogP contribution in [0.15, 0.2) is 66.2 Å². The van der Waals surface area contributed by atoms with Crippen molar-refractivity contribution in [2.75, 3.05) is 19.8 Å². The van der Waals surface area contributed by atoms with Crippen molar-refractivity contribution >= 4 is 46.6 Å². The van der Waals surface area contributed by atoms with E-state index in [1.807, 2.05) is 87.5 Å². The van der Waals surface area contributed by atoms with Gasteiger partial charge in [-0.1, -0.05) is 96.2 Å². The van der Waals surface area contributed by atoms with E-state index in [2.05, 4.69) is 61.2 Å². The Hall–Kier alpha value is -5.77. The van der Waals surface area contributed by atoms with E-state index in [-0.39, 0.29) is 67.0 Å². The monoisotopic (exact) mass is 960 g/mol. The number of ether oxygens (including phenoxy) is 2. The summed E-state index contributed by atoms with van der Waals surface area (Å²) >= 11 is 7.86. The fourth-order valence-corrected chi connectivity index (χ4v) is 11.5. The summed E-state index contributed by atoms with van der Waals surface area (Å²) in [5, 5.41) is 26.1. The molecule has 2 aliphatic heterocycles. The number of nitriles is 1. The third kappa shape index (κ3) is 10.4. The molecule has 0 bridgehead atoms. The van der Waals surface area contributed by atoms with Gasteiger partial charge in [0.1, 0.15) is 36.6 Å². The average molecular weight is 962 g/mol. The number of carbonyl (C=O) groups excluding carboxylic acids is 4. The lowest BCUT2D eigenvalue weighted by atomic mass is 9.49. The Labute approximate surface area is 408 Å². The number of carbonyl (C=O) groups is 4. The Morgan fingerprint density at radius 3 is 2.41 bits per heavy atom. The molecule has 3 aliphatic rings. The summed E-state index contributed by atoms with van der Waals surface area (Å²) in [7, 11) is 0. The fraction of sp³-hybridized carbons (Fsp3) is 0.472. The molecule has 0 spiro atoms. The number of rotatable bonds is 14. The van der Waals surface area contributed by atoms with Crippen molar-refractivity contribution in [3.8, 4) is 34.1 Å². The lowest BCUT2D eigenvalue weighted by Gasteiger charge is -2.65. The third-order valence-corrected chi connectivity index (χ3v) is 14.7. The number of nitrogens with zero attached hydrogens (tertiary/aromatic N) is 4. The zero-order valence-electron chi connectivity index (χ0n) is 40.2. The quantitative estimate of drug-likeness (QED) is 0.0836. The zero-order valence-corrected chi connectivity index (χ0v) is 41.8. The van der Waals surface area contributed by atoms with E-state index >= 15 is 0 Å². The van der Waals surface area contributed by atoms with Gasteiger partial charge < -0.3 is 35.0 Å². The molecule has 1 aliphatic carbocycles. The maximum atomic E-state index is 14.1. The van der Waals surface area contributed by atoms with Crippen molar-refractivity contribution < 1.29 is 33.8 Å². The van der Waals surface area contributed by atoms with E-state index in [1.54, 1.807) is 29.5 Å². The Balaban J connectivity index is 0.869. The number of β-amino-alcohol motifs (C(OH)–C–C–N with tert-alkyl or cyclic N) is 1. The molecule has 0 radical (unpaired) electrons. The SMILES string of the molecule is Cc1ncsc1-c1ccc([C@H](C)NC(=O)[C@@H]2C[C@@H](O)CN2C(=O)[C@@H](NC(=O)COCCCC#Cc2ccc3c(c2)CN([C@H]2C(C)(C)[C@H](Oc4ccc(C#N)c(Cl)c4)C2(C)C)C3=O)C(C)(C)C)cc1. The smallest absolute Gasteiger partial charge is 0.254 e. The normalized spacial score (nSPS) is 21.1. The van der Waals surface area contributed by atoms with Crippen LogP contribution < -0.4 is 15.4 Å². The van der Waals surface area contributed by atoms with Gasteiger partial charge in [0.2, 0.25) is 17.7 Å². The molecular weight excluding hydrogens is 900 g/mol. The topological polar surface area (TPSA) is 174 Å². The largest absolute Gasteiger partial charge is 0.489 e. The average Bonchev–Trinajstić information content (AvgIpc) is 3.99. The van der Waals surface area contributed by atoms with Gasteiger partial charge in [0, 0.05) is 66.6 Å². The predicted molar refractivity (Wildman–Crippen MR) is 262 cm³/mol. The number of benzene rings is 3. The van der Waals surface area contributed by atoms with E-state index in [4.69, 9.17) is 21.1 Å². The van der Waals surface area contributed by atoms with Crippen LogP contribution in [0.5, 0.6) is 5.75 Å². The molecule has 0 unspecified atom stereocenters. The van der Waals surface area contributed by atoms with Crippen LogP contribution in [-0.4, -0.2) is 93.6 Å². The highest BCUT2D eigenvalue weighted by molar-refractivity contribution is 7.13. The Morgan fingerprint density at radius 2 is 1.76 bits per heavy atom. The number of aliphatic hydroxyl groups is 1. The number of likely N-dealkylation sites (tertiary alicyclic amines) is 1. The van der Waals surface area contributed by atoms with Crippen LogP contribution in [0.25, 0.3) is 10.4 Å². The van der Waals surface area contributed by atoms with E-state index < -0.39 is 35.4 Å². The van der Waals surface area contributed by atoms with Crippen LogP contribution >= 0.6 is 22.9 Å². The van der Waals surface area contributed by atoms with Crippen molar-refractivity contribution in [1.29, 1.82) is 5.26 Å². The molecule has 1 aromatic heterocycles. The molecule has 4 aromatic rings. The van der Waals surface area contributed by atoms with Gasteiger partial charge in [-0.15, -0.1) is 11.3 Å². The molecule has 3 N–H and O–H groups in total. The number of aliphatic hydroxyl groups excluding tert-OH is 1. The predicted octanol–water partition coefficient (Wildman–Crippen LogP) is 8.00. The molecule has 13 nitrogen and oxygen atoms in total. The fourth-order valence-electron chi connectivity index (χ4n) is 10.5. The molecular formula is C53H61ClN6O7S. The first-order valence-electron chi connectivity index (χ1n) is 23.1. The van der Waals surface area contributed by atoms with E-state index in [0.717, 1.165) is 32.8 Å². The van der Waals surface area contributed by atoms with E-state index in [1.165, 1.54) is 4.90 Å². The number of nitrogens with one attached hydrogen (secondary N) is 2. The highest BCUT2D eigenvalue weighted by Crippen LogP contribution is 2.59. The summed E-state index contributed by atoms with van der Waals surface area (Å²) in [6.07, 6.45) is 0.0767. The van der Waals surface area contributed by atoms with Gasteiger partial charge in [0.15, 0.2) is 0 Å². The summed E-state index contributed by atoms with van der Waals surface area (Å²) in [6, 6.07) is 18.4. The minimum Gasteiger partial charge on any atom is -0.489 e. The van der Waals surface area contributed by atoms with Crippen LogP contribution in [0.2, 0.25) is 5.02 Å². The third-order valence-electron chi connectivity index (χ3n) is 13.4. The highest BCUT2D eigenvalue weighted by atomic mass is 35.5. The van der Waals surface area contributed by atoms with Gasteiger partial charge in [-0.25, -0.2) is 4.98 Å². The molecule has 68 heavy (non-hydrogen) atoms. The number of aromatic nitrogens is 1. The lowest BCUT2D eigenvalue weighted by molar-refractivity contribution is -0.199. The summed E-state index contributed by atoms with van der Waals surface area (Å²) in [4.78, 5) is 63.5. The summed E-state index contributed by atoms with van der Waals surface area (Å²) in [6.45, 7) is 18.3. The second-order valence-corrected chi connectivity index (χ2v) is 21.7. The van der Waals surface area contributed by atoms with Crippen LogP contribution in [0.4, 0.5) is 0 Å². The number of fused-ring (bicyclic) bond motifs is 1. The number of halogens is 1. The zero-order chi connectivity index (χ0) is 49.3. The molecule has 4 amide bonds. The van der Waals surface area contributed by atoms with Crippen molar-refractivity contribution in [3.63, 3.8) is 0 Å². The number of amides is 4. The lowest BCUT2D eigenvalue weighted by Crippen LogP contribution is -2.74. The molecule has 1 saturated carbocycles. The molecule has 1 saturated heterocycles. The van der Waals surface area contributed by atoms with Gasteiger partial charge in [-0.05, 0) is 72.7 Å². The summed E-state index contributed by atoms with van der Waals surface area (Å²) in [5.74, 6) is 5.67. The maximum absolute atomic E-state index is 14.1. The van der Waals surface area contributed by atoms with Gasteiger partial charge in [0.05, 0.1) is 38.8 Å². The highest BCUT2D eigenvalue weighted by Gasteiger charge is 2.67. The van der Waals surface area contributed by atoms with Crippen molar-refractivity contribution in [3.05, 3.63) is 105 Å². The Bertz CT molecular complexity index is 2660. The maximum Gasteiger partial charge on any atom is 0.254 e. The number of hydrogen-bond acceptors (Lipinski definition) is 10. The molecule has 15 heteroatoms. The first kappa shape index (κ1) is 50.1. The van der Waals surface area contributed by atoms with Gasteiger partial charge >= 0.3 is 0 Å². The number of unbranched alkanes of at least 4 members (excludes halogenated alkanes) is 1. The molecule has 2 fully saturated rings. The minimum absolute atomic E-state index is 0.0156. The first-order chi connectivity index (χ1) is 32.1. The second kappa shape index (κ2) is 20.1. The molecule has 7 rings (SSSR count). The summed E-state index contributed by atoms with van der Waals surface area (Å²) < 4.78 is 12.2. The Kier molecular flexibility index (Phi) is 14.8. The molecule has 3 heterocycles. The van der Waals surface area contributed by atoms with Crippen molar-refractivity contribution in [2.45, 2.75) is 124 Å². The van der Waals surface area contributed by atoms with Crippen LogP contribution in [0, 0.1) is 46.3 Å². The molecule has 4 atom stereocenters. The standard InChI is InChI=1S/C53H61ClN6O7S/c1-31(34-15-17-35(18-16-34)44-32(2)56-30-68-44)57-46(63)42-24-38(61)28-59(42)48(65)45(51(3,4)5)58-43(62)29-66-22-12-10-11-13-33-14-21-40-37(23-33)27-60(47(40)64)49-52(6,7)50(53(49,8)9)67-39-20-19-36(26-55)41(54)25-39/h14-21,23,25,30-31,38,42,45,49-50,61H,10,12,22,24,27-29H2,1-9H3,(H,57,63)(H,58,62)/t31-,38+,42-,45+,49-,50-/m0/s1. The second-order valence-electron chi connectivity index (χ2n) is 20.4. The minimum atomic E-state index is -0.974. The molecule has 3 aromatic carbocycles. The number of hydrogen-bond donors (Lipinski definition) is 3. The number of aryl methyl sites for hydroxylation is 1. The summed E-state index contributed by atoms with van der Waals surface area (Å²) in [5.41, 5.74) is 6.02. The van der Waals surface area contributed by atoms with Crippen LogP contribution in [0.1, 0.15) is 119 Å². The molecule has 358 valence electrons. The Morgan fingerprint density at radius 1 is 1.04 bits per heavy atom. The van der Waals surface area contributed by atoms with Crippen molar-refractivity contribution in [2.24, 2.45) is 16.2 Å². The van der Waals surface area contributed by atoms with Gasteiger partial charge in [-0.3, -0.25) is 19.2 Å². The van der Waals surface area contributed by atoms with Crippen molar-refractivity contribution in [1.82, 2.24) is 25.4 Å². The van der Waals surface area contributed by atoms with Crippen LogP contribution in [-0.2, 0) is 25.7 Å².